The lowest BCUT2D eigenvalue weighted by atomic mass is 9.87. The summed E-state index contributed by atoms with van der Waals surface area (Å²) in [7, 11) is 0. The normalized spacial score (nSPS) is 14.9. The second-order valence-electron chi connectivity index (χ2n) is 9.93. The van der Waals surface area contributed by atoms with Crippen LogP contribution in [-0.4, -0.2) is 41.0 Å². The van der Waals surface area contributed by atoms with Crippen LogP contribution in [0.15, 0.2) is 85.1 Å². The lowest BCUT2D eigenvalue weighted by molar-refractivity contribution is -0.151. The van der Waals surface area contributed by atoms with E-state index in [1.165, 1.54) is 17.7 Å². The van der Waals surface area contributed by atoms with Crippen LogP contribution in [0.1, 0.15) is 48.8 Å². The Bertz CT molecular complexity index is 1390. The third-order valence-electron chi connectivity index (χ3n) is 7.51. The van der Waals surface area contributed by atoms with E-state index in [1.54, 1.807) is 12.1 Å². The fraction of sp³-hybridized carbons (Fsp3) is 0.312. The van der Waals surface area contributed by atoms with E-state index >= 15 is 0 Å². The van der Waals surface area contributed by atoms with E-state index in [1.807, 2.05) is 42.2 Å². The zero-order valence-corrected chi connectivity index (χ0v) is 21.7. The van der Waals surface area contributed by atoms with Crippen molar-refractivity contribution >= 4 is 22.8 Å². The van der Waals surface area contributed by atoms with Crippen molar-refractivity contribution in [3.8, 4) is 0 Å². The minimum atomic E-state index is -0.300. The molecular weight excluding hydrogens is 479 g/mol. The van der Waals surface area contributed by atoms with Crippen LogP contribution in [0.4, 0.5) is 4.39 Å². The summed E-state index contributed by atoms with van der Waals surface area (Å²) in [5.74, 6) is -0.807. The van der Waals surface area contributed by atoms with Crippen molar-refractivity contribution in [2.75, 3.05) is 19.7 Å². The number of ether oxygens (including phenoxy) is 1. The first-order valence-electron chi connectivity index (χ1n) is 13.3. The fourth-order valence-corrected chi connectivity index (χ4v) is 5.49. The maximum absolute atomic E-state index is 13.8. The van der Waals surface area contributed by atoms with E-state index in [0.29, 0.717) is 39.1 Å². The molecule has 1 fully saturated rings. The number of likely N-dealkylation sites (tertiary alicyclic amines) is 1. The zero-order chi connectivity index (χ0) is 26.5. The van der Waals surface area contributed by atoms with Gasteiger partial charge in [-0.15, -0.1) is 0 Å². The number of rotatable bonds is 8. The Labute approximate surface area is 222 Å². The van der Waals surface area contributed by atoms with Gasteiger partial charge in [-0.1, -0.05) is 60.7 Å². The average Bonchev–Trinajstić information content (AvgIpc) is 3.31. The summed E-state index contributed by atoms with van der Waals surface area (Å²) in [6.07, 6.45) is 3.64. The molecule has 3 aromatic carbocycles. The van der Waals surface area contributed by atoms with E-state index in [-0.39, 0.29) is 36.0 Å². The lowest BCUT2D eigenvalue weighted by Gasteiger charge is -2.32. The monoisotopic (exact) mass is 512 g/mol. The van der Waals surface area contributed by atoms with Gasteiger partial charge in [0, 0.05) is 49.1 Å². The van der Waals surface area contributed by atoms with Crippen molar-refractivity contribution in [3.63, 3.8) is 0 Å². The Balaban J connectivity index is 1.44. The van der Waals surface area contributed by atoms with Crippen LogP contribution in [0, 0.1) is 11.7 Å². The third kappa shape index (κ3) is 5.64. The zero-order valence-electron chi connectivity index (χ0n) is 21.7. The van der Waals surface area contributed by atoms with Gasteiger partial charge in [-0.05, 0) is 54.7 Å². The van der Waals surface area contributed by atoms with Gasteiger partial charge in [-0.2, -0.15) is 0 Å². The first-order chi connectivity index (χ1) is 18.5. The van der Waals surface area contributed by atoms with Gasteiger partial charge in [0.1, 0.15) is 5.82 Å². The number of piperidine rings is 1. The van der Waals surface area contributed by atoms with Crippen LogP contribution < -0.4 is 0 Å². The van der Waals surface area contributed by atoms with Crippen molar-refractivity contribution in [2.24, 2.45) is 5.92 Å². The second-order valence-corrected chi connectivity index (χ2v) is 9.93. The van der Waals surface area contributed by atoms with Gasteiger partial charge in [-0.3, -0.25) is 9.59 Å². The third-order valence-corrected chi connectivity index (χ3v) is 7.51. The number of esters is 1. The molecule has 1 aromatic heterocycles. The number of hydrogen-bond acceptors (Lipinski definition) is 3. The molecular formula is C32H33FN2O3. The topological polar surface area (TPSA) is 51.5 Å². The van der Waals surface area contributed by atoms with Gasteiger partial charge in [-0.25, -0.2) is 4.39 Å². The molecule has 1 atom stereocenters. The van der Waals surface area contributed by atoms with Gasteiger partial charge in [0.2, 0.25) is 5.91 Å². The average molecular weight is 513 g/mol. The summed E-state index contributed by atoms with van der Waals surface area (Å²) in [4.78, 5) is 27.6. The number of para-hydroxylation sites is 1. The first-order valence-corrected chi connectivity index (χ1v) is 13.3. The largest absolute Gasteiger partial charge is 0.466 e. The molecule has 0 spiro atoms. The highest BCUT2D eigenvalue weighted by molar-refractivity contribution is 5.87. The minimum absolute atomic E-state index is 0.0431. The Hall–Kier alpha value is -3.93. The molecule has 0 aliphatic carbocycles. The highest BCUT2D eigenvalue weighted by Gasteiger charge is 2.30. The number of fused-ring (bicyclic) bond motifs is 1. The molecule has 1 amide bonds. The molecule has 1 aliphatic heterocycles. The molecule has 38 heavy (non-hydrogen) atoms. The van der Waals surface area contributed by atoms with Crippen LogP contribution >= 0.6 is 0 Å². The van der Waals surface area contributed by atoms with Crippen LogP contribution in [-0.2, 0) is 20.9 Å². The number of carbonyl (C=O) groups is 2. The SMILES string of the molecule is CCOC(=O)C1CCN(C(=O)CC(c2ccc(F)cc2)c2cn(Cc3ccccc3)c3ccccc23)CC1. The lowest BCUT2D eigenvalue weighted by Crippen LogP contribution is -2.41. The van der Waals surface area contributed by atoms with Crippen molar-refractivity contribution < 1.29 is 18.7 Å². The maximum atomic E-state index is 13.8. The predicted octanol–water partition coefficient (Wildman–Crippen LogP) is 6.15. The molecule has 2 heterocycles. The van der Waals surface area contributed by atoms with Gasteiger partial charge in [0.15, 0.2) is 0 Å². The summed E-state index contributed by atoms with van der Waals surface area (Å²) in [5, 5.41) is 1.09. The summed E-state index contributed by atoms with van der Waals surface area (Å²) in [6, 6.07) is 25.0. The first kappa shape index (κ1) is 25.7. The molecule has 5 rings (SSSR count). The van der Waals surface area contributed by atoms with Crippen molar-refractivity contribution in [1.82, 2.24) is 9.47 Å². The van der Waals surface area contributed by atoms with E-state index < -0.39 is 0 Å². The molecule has 5 nitrogen and oxygen atoms in total. The standard InChI is InChI=1S/C32H33FN2O3/c1-2-38-32(37)25-16-18-34(19-17-25)31(36)20-28(24-12-14-26(33)15-13-24)29-22-35(21-23-8-4-3-5-9-23)30-11-7-6-10-27(29)30/h3-15,22,25,28H,2,16-21H2,1H3. The summed E-state index contributed by atoms with van der Waals surface area (Å²) in [5.41, 5.74) is 4.25. The van der Waals surface area contributed by atoms with Gasteiger partial charge in [0.25, 0.3) is 0 Å². The number of benzene rings is 3. The molecule has 0 radical (unpaired) electrons. The number of carbonyl (C=O) groups excluding carboxylic acids is 2. The summed E-state index contributed by atoms with van der Waals surface area (Å²) in [6.45, 7) is 3.97. The highest BCUT2D eigenvalue weighted by Crippen LogP contribution is 2.36. The van der Waals surface area contributed by atoms with Gasteiger partial charge >= 0.3 is 5.97 Å². The van der Waals surface area contributed by atoms with Crippen molar-refractivity contribution in [3.05, 3.63) is 108 Å². The Morgan fingerprint density at radius 2 is 1.63 bits per heavy atom. The Morgan fingerprint density at radius 3 is 2.34 bits per heavy atom. The summed E-state index contributed by atoms with van der Waals surface area (Å²) >= 11 is 0. The minimum Gasteiger partial charge on any atom is -0.466 e. The van der Waals surface area contributed by atoms with Crippen molar-refractivity contribution in [2.45, 2.75) is 38.6 Å². The quantitative estimate of drug-likeness (QED) is 0.266. The Kier molecular flexibility index (Phi) is 7.87. The van der Waals surface area contributed by atoms with Gasteiger partial charge in [0.05, 0.1) is 12.5 Å². The van der Waals surface area contributed by atoms with E-state index in [0.717, 1.165) is 22.0 Å². The molecule has 1 saturated heterocycles. The number of nitrogens with zero attached hydrogens (tertiary/aromatic N) is 2. The number of hydrogen-bond donors (Lipinski definition) is 0. The molecule has 0 N–H and O–H groups in total. The predicted molar refractivity (Wildman–Crippen MR) is 146 cm³/mol. The maximum Gasteiger partial charge on any atom is 0.309 e. The van der Waals surface area contributed by atoms with Crippen molar-refractivity contribution in [1.29, 1.82) is 0 Å². The number of amides is 1. The van der Waals surface area contributed by atoms with E-state index in [2.05, 4.69) is 35.0 Å². The Morgan fingerprint density at radius 1 is 0.947 bits per heavy atom. The number of aromatic nitrogens is 1. The van der Waals surface area contributed by atoms with Gasteiger partial charge < -0.3 is 14.2 Å². The molecule has 196 valence electrons. The van der Waals surface area contributed by atoms with Crippen LogP contribution in [0.25, 0.3) is 10.9 Å². The smallest absolute Gasteiger partial charge is 0.309 e. The van der Waals surface area contributed by atoms with E-state index in [4.69, 9.17) is 4.74 Å². The highest BCUT2D eigenvalue weighted by atomic mass is 19.1. The summed E-state index contributed by atoms with van der Waals surface area (Å²) < 4.78 is 21.3. The van der Waals surface area contributed by atoms with Crippen LogP contribution in [0.2, 0.25) is 0 Å². The molecule has 4 aromatic rings. The molecule has 0 saturated carbocycles. The fourth-order valence-electron chi connectivity index (χ4n) is 5.49. The van der Waals surface area contributed by atoms with Crippen LogP contribution in [0.3, 0.4) is 0 Å². The molecule has 0 bridgehead atoms. The van der Waals surface area contributed by atoms with Crippen LogP contribution in [0.5, 0.6) is 0 Å². The molecule has 1 unspecified atom stereocenters. The molecule has 6 heteroatoms. The number of halogens is 1. The molecule has 1 aliphatic rings. The van der Waals surface area contributed by atoms with E-state index in [9.17, 15) is 14.0 Å². The second kappa shape index (κ2) is 11.6.